The molecule has 0 aromatic carbocycles. The van der Waals surface area contributed by atoms with Gasteiger partial charge in [0.15, 0.2) is 5.78 Å². The third kappa shape index (κ3) is 2.34. The summed E-state index contributed by atoms with van der Waals surface area (Å²) in [6, 6.07) is 0. The maximum Gasteiger partial charge on any atom is 0.303 e. The molecule has 3 nitrogen and oxygen atoms in total. The van der Waals surface area contributed by atoms with Crippen molar-refractivity contribution in [3.8, 4) is 0 Å². The Bertz CT molecular complexity index is 261. The molecule has 0 spiro atoms. The van der Waals surface area contributed by atoms with Gasteiger partial charge in [0.05, 0.1) is 6.42 Å². The summed E-state index contributed by atoms with van der Waals surface area (Å²) in [5.41, 5.74) is 0.594. The van der Waals surface area contributed by atoms with Crippen LogP contribution in [0.25, 0.3) is 0 Å². The van der Waals surface area contributed by atoms with Crippen molar-refractivity contribution < 1.29 is 14.7 Å². The van der Waals surface area contributed by atoms with Crippen molar-refractivity contribution >= 4 is 11.8 Å². The summed E-state index contributed by atoms with van der Waals surface area (Å²) >= 11 is 0. The van der Waals surface area contributed by atoms with Crippen LogP contribution in [-0.2, 0) is 9.59 Å². The molecule has 0 amide bonds. The molecule has 63 valence electrons. The molecule has 0 aromatic heterocycles. The summed E-state index contributed by atoms with van der Waals surface area (Å²) in [6.45, 7) is 0. The topological polar surface area (TPSA) is 54.4 Å². The zero-order valence-electron chi connectivity index (χ0n) is 6.49. The van der Waals surface area contributed by atoms with E-state index >= 15 is 0 Å². The fourth-order valence-corrected chi connectivity index (χ4v) is 0.925. The third-order valence-electron chi connectivity index (χ3n) is 1.55. The molecule has 0 heterocycles. The highest BCUT2D eigenvalue weighted by Gasteiger charge is 2.11. The Morgan fingerprint density at radius 3 is 2.50 bits per heavy atom. The van der Waals surface area contributed by atoms with Gasteiger partial charge in [-0.3, -0.25) is 9.59 Å². The van der Waals surface area contributed by atoms with Crippen LogP contribution < -0.4 is 0 Å². The molecule has 0 fully saturated rings. The summed E-state index contributed by atoms with van der Waals surface area (Å²) in [5, 5.41) is 8.31. The van der Waals surface area contributed by atoms with E-state index in [0.29, 0.717) is 5.57 Å². The molecule has 0 atom stereocenters. The predicted octanol–water partition coefficient (Wildman–Crippen LogP) is 1.12. The predicted molar refractivity (Wildman–Crippen MR) is 43.4 cm³/mol. The number of carbonyl (C=O) groups is 2. The van der Waals surface area contributed by atoms with Gasteiger partial charge >= 0.3 is 5.97 Å². The van der Waals surface area contributed by atoms with Crippen LogP contribution in [0, 0.1) is 6.42 Å². The number of Topliss-reactive ketones (excluding diaryl/α,β-unsaturated/α-hetero) is 1. The summed E-state index contributed by atoms with van der Waals surface area (Å²) in [5.74, 6) is -1.04. The van der Waals surface area contributed by atoms with Gasteiger partial charge in [-0.05, 0) is 0 Å². The monoisotopic (exact) mass is 165 g/mol. The molecule has 1 radical (unpaired) electrons. The Labute approximate surface area is 70.4 Å². The lowest BCUT2D eigenvalue weighted by atomic mass is 10.1. The number of hydrogen-bond acceptors (Lipinski definition) is 2. The van der Waals surface area contributed by atoms with Crippen LogP contribution >= 0.6 is 0 Å². The zero-order valence-corrected chi connectivity index (χ0v) is 6.49. The SMILES string of the molecule is O=C(O)CCC(=O)C1=CC=C[CH]1. The lowest BCUT2D eigenvalue weighted by Gasteiger charge is -1.97. The lowest BCUT2D eigenvalue weighted by Crippen LogP contribution is -2.04. The van der Waals surface area contributed by atoms with Gasteiger partial charge in [0.2, 0.25) is 0 Å². The molecule has 3 heteroatoms. The molecule has 1 rings (SSSR count). The summed E-state index contributed by atoms with van der Waals surface area (Å²) in [6.07, 6.45) is 6.87. The molecule has 12 heavy (non-hydrogen) atoms. The van der Waals surface area contributed by atoms with Crippen LogP contribution in [0.3, 0.4) is 0 Å². The number of allylic oxidation sites excluding steroid dienone is 4. The van der Waals surface area contributed by atoms with Crippen molar-refractivity contribution in [1.29, 1.82) is 0 Å². The fourth-order valence-electron chi connectivity index (χ4n) is 0.925. The Morgan fingerprint density at radius 2 is 2.00 bits per heavy atom. The minimum Gasteiger partial charge on any atom is -0.481 e. The lowest BCUT2D eigenvalue weighted by molar-refractivity contribution is -0.138. The summed E-state index contributed by atoms with van der Waals surface area (Å²) < 4.78 is 0. The highest BCUT2D eigenvalue weighted by molar-refractivity contribution is 5.99. The van der Waals surface area contributed by atoms with E-state index in [9.17, 15) is 9.59 Å². The van der Waals surface area contributed by atoms with Gasteiger partial charge in [-0.15, -0.1) is 0 Å². The van der Waals surface area contributed by atoms with Crippen LogP contribution in [-0.4, -0.2) is 16.9 Å². The van der Waals surface area contributed by atoms with E-state index in [1.165, 1.54) is 0 Å². The molecular formula is C9H9O3. The molecule has 1 N–H and O–H groups in total. The number of carboxylic acid groups (broad SMARTS) is 1. The van der Waals surface area contributed by atoms with Crippen LogP contribution in [0.1, 0.15) is 12.8 Å². The maximum absolute atomic E-state index is 11.1. The molecule has 0 saturated heterocycles. The minimum absolute atomic E-state index is 0.0827. The number of carbonyl (C=O) groups excluding carboxylic acids is 1. The Kier molecular flexibility index (Phi) is 2.80. The van der Waals surface area contributed by atoms with Crippen molar-refractivity contribution in [2.24, 2.45) is 0 Å². The number of rotatable bonds is 4. The minimum atomic E-state index is -0.935. The Balaban J connectivity index is 2.34. The fraction of sp³-hybridized carbons (Fsp3) is 0.222. The van der Waals surface area contributed by atoms with E-state index in [2.05, 4.69) is 0 Å². The van der Waals surface area contributed by atoms with Gasteiger partial charge in [-0.1, -0.05) is 18.2 Å². The van der Waals surface area contributed by atoms with Gasteiger partial charge in [0, 0.05) is 18.4 Å². The maximum atomic E-state index is 11.1. The highest BCUT2D eigenvalue weighted by atomic mass is 16.4. The van der Waals surface area contributed by atoms with E-state index in [-0.39, 0.29) is 18.6 Å². The van der Waals surface area contributed by atoms with Gasteiger partial charge in [0.25, 0.3) is 0 Å². The van der Waals surface area contributed by atoms with Crippen LogP contribution in [0.2, 0.25) is 0 Å². The first-order valence-corrected chi connectivity index (χ1v) is 3.67. The highest BCUT2D eigenvalue weighted by Crippen LogP contribution is 2.12. The van der Waals surface area contributed by atoms with Gasteiger partial charge in [0.1, 0.15) is 0 Å². The van der Waals surface area contributed by atoms with Crippen molar-refractivity contribution in [2.75, 3.05) is 0 Å². The van der Waals surface area contributed by atoms with Crippen molar-refractivity contribution in [1.82, 2.24) is 0 Å². The van der Waals surface area contributed by atoms with Crippen LogP contribution in [0.4, 0.5) is 0 Å². The van der Waals surface area contributed by atoms with Crippen LogP contribution in [0.15, 0.2) is 23.8 Å². The summed E-state index contributed by atoms with van der Waals surface area (Å²) in [7, 11) is 0. The second kappa shape index (κ2) is 3.85. The molecule has 0 aromatic rings. The first kappa shape index (κ1) is 8.71. The standard InChI is InChI=1S/C9H9O3/c10-8(5-6-9(11)12)7-3-1-2-4-7/h1-4H,5-6H2,(H,11,12). The normalized spacial score (nSPS) is 14.5. The van der Waals surface area contributed by atoms with Crippen LogP contribution in [0.5, 0.6) is 0 Å². The van der Waals surface area contributed by atoms with Gasteiger partial charge < -0.3 is 5.11 Å². The molecule has 0 saturated carbocycles. The molecule has 0 bridgehead atoms. The quantitative estimate of drug-likeness (QED) is 0.679. The zero-order chi connectivity index (χ0) is 8.97. The third-order valence-corrected chi connectivity index (χ3v) is 1.55. The largest absolute Gasteiger partial charge is 0.481 e. The second-order valence-corrected chi connectivity index (χ2v) is 2.49. The van der Waals surface area contributed by atoms with E-state index in [1.54, 1.807) is 24.6 Å². The molecular weight excluding hydrogens is 156 g/mol. The van der Waals surface area contributed by atoms with Gasteiger partial charge in [-0.25, -0.2) is 0 Å². The Hall–Kier alpha value is -1.38. The molecule has 1 aliphatic carbocycles. The molecule has 0 unspecified atom stereocenters. The Morgan fingerprint density at radius 1 is 1.25 bits per heavy atom. The average Bonchev–Trinajstić information content (AvgIpc) is 2.51. The molecule has 1 aliphatic rings. The van der Waals surface area contributed by atoms with E-state index in [4.69, 9.17) is 5.11 Å². The number of hydrogen-bond donors (Lipinski definition) is 1. The van der Waals surface area contributed by atoms with E-state index in [0.717, 1.165) is 0 Å². The second-order valence-electron chi connectivity index (χ2n) is 2.49. The van der Waals surface area contributed by atoms with Crippen molar-refractivity contribution in [3.63, 3.8) is 0 Å². The van der Waals surface area contributed by atoms with E-state index in [1.807, 2.05) is 0 Å². The van der Waals surface area contributed by atoms with Crippen molar-refractivity contribution in [3.05, 3.63) is 30.2 Å². The van der Waals surface area contributed by atoms with Crippen molar-refractivity contribution in [2.45, 2.75) is 12.8 Å². The number of ketones is 1. The smallest absolute Gasteiger partial charge is 0.303 e. The number of carboxylic acids is 1. The first-order chi connectivity index (χ1) is 5.70. The van der Waals surface area contributed by atoms with E-state index < -0.39 is 5.97 Å². The summed E-state index contributed by atoms with van der Waals surface area (Å²) in [4.78, 5) is 21.3. The first-order valence-electron chi connectivity index (χ1n) is 3.67. The number of aliphatic carboxylic acids is 1. The average molecular weight is 165 g/mol. The van der Waals surface area contributed by atoms with Gasteiger partial charge in [-0.2, -0.15) is 0 Å². The molecule has 0 aliphatic heterocycles.